The second-order valence-corrected chi connectivity index (χ2v) is 11.9. The normalized spacial score (nSPS) is 11.5. The zero-order chi connectivity index (χ0) is 27.3. The molecule has 0 aromatic heterocycles. The number of sulfonamides is 2. The molecule has 4 aromatic rings. The van der Waals surface area contributed by atoms with Gasteiger partial charge < -0.3 is 5.32 Å². The summed E-state index contributed by atoms with van der Waals surface area (Å²) < 4.78 is 68.5. The third-order valence-corrected chi connectivity index (χ3v) is 8.67. The van der Waals surface area contributed by atoms with E-state index in [1.807, 2.05) is 6.92 Å². The number of anilines is 3. The molecule has 0 heterocycles. The third-order valence-electron chi connectivity index (χ3n) is 5.49. The van der Waals surface area contributed by atoms with Gasteiger partial charge in [-0.1, -0.05) is 35.9 Å². The van der Waals surface area contributed by atoms with Crippen molar-refractivity contribution >= 4 is 43.0 Å². The monoisotopic (exact) mass is 553 g/mol. The Morgan fingerprint density at radius 3 is 1.92 bits per heavy atom. The fraction of sp³-hybridized carbons (Fsp3) is 0.0741. The molecule has 0 aliphatic heterocycles. The molecule has 0 spiro atoms. The molecule has 1 amide bonds. The minimum atomic E-state index is -4.05. The molecule has 0 saturated heterocycles. The number of amides is 1. The first-order valence-corrected chi connectivity index (χ1v) is 14.3. The van der Waals surface area contributed by atoms with E-state index in [4.69, 9.17) is 0 Å². The summed E-state index contributed by atoms with van der Waals surface area (Å²) in [6, 6.07) is 24.8. The minimum absolute atomic E-state index is 0.0385. The quantitative estimate of drug-likeness (QED) is 0.310. The second-order valence-electron chi connectivity index (χ2n) is 8.35. The Labute approximate surface area is 220 Å². The van der Waals surface area contributed by atoms with Gasteiger partial charge in [-0.05, 0) is 79.7 Å². The predicted octanol–water partition coefficient (Wildman–Crippen LogP) is 4.77. The molecular weight excluding hydrogens is 529 g/mol. The van der Waals surface area contributed by atoms with Gasteiger partial charge in [0.1, 0.15) is 12.4 Å². The summed E-state index contributed by atoms with van der Waals surface area (Å²) in [4.78, 5) is 12.9. The summed E-state index contributed by atoms with van der Waals surface area (Å²) in [5.41, 5.74) is 1.72. The maximum Gasteiger partial charge on any atom is 0.264 e. The Morgan fingerprint density at radius 2 is 1.32 bits per heavy atom. The van der Waals surface area contributed by atoms with Crippen LogP contribution >= 0.6 is 0 Å². The van der Waals surface area contributed by atoms with Crippen molar-refractivity contribution in [2.24, 2.45) is 0 Å². The maximum absolute atomic E-state index is 13.4. The van der Waals surface area contributed by atoms with Crippen LogP contribution in [0.2, 0.25) is 0 Å². The average molecular weight is 554 g/mol. The topological polar surface area (TPSA) is 113 Å². The van der Waals surface area contributed by atoms with Gasteiger partial charge in [-0.2, -0.15) is 0 Å². The first-order valence-electron chi connectivity index (χ1n) is 11.4. The number of rotatable bonds is 9. The summed E-state index contributed by atoms with van der Waals surface area (Å²) in [5.74, 6) is -1.12. The maximum atomic E-state index is 13.4. The van der Waals surface area contributed by atoms with Crippen molar-refractivity contribution in [2.75, 3.05) is 20.9 Å². The number of carbonyl (C=O) groups is 1. The molecular formula is C27H24FN3O5S2. The molecule has 196 valence electrons. The van der Waals surface area contributed by atoms with Crippen LogP contribution in [0.15, 0.2) is 113 Å². The van der Waals surface area contributed by atoms with Gasteiger partial charge in [-0.3, -0.25) is 13.8 Å². The number of nitrogens with one attached hydrogen (secondary N) is 2. The van der Waals surface area contributed by atoms with E-state index >= 15 is 0 Å². The van der Waals surface area contributed by atoms with Crippen LogP contribution in [0.5, 0.6) is 0 Å². The first-order chi connectivity index (χ1) is 18.0. The highest BCUT2D eigenvalue weighted by atomic mass is 32.2. The standard InChI is InChI=1S/C27H24FN3O5S2/c1-20-7-15-24(16-8-20)31(38(35,36)26-5-3-2-4-6-26)19-27(32)29-22-13-17-25(18-14-22)37(33,34)30-23-11-9-21(28)10-12-23/h2-18,30H,19H2,1H3,(H,29,32). The Bertz CT molecular complexity index is 1630. The van der Waals surface area contributed by atoms with Crippen LogP contribution in [0.1, 0.15) is 5.56 Å². The molecule has 0 saturated carbocycles. The number of hydrogen-bond donors (Lipinski definition) is 2. The molecule has 0 radical (unpaired) electrons. The van der Waals surface area contributed by atoms with E-state index < -0.39 is 38.3 Å². The summed E-state index contributed by atoms with van der Waals surface area (Å²) >= 11 is 0. The van der Waals surface area contributed by atoms with E-state index in [1.165, 1.54) is 48.5 Å². The molecule has 0 fully saturated rings. The van der Waals surface area contributed by atoms with E-state index in [0.29, 0.717) is 5.69 Å². The van der Waals surface area contributed by atoms with Crippen molar-refractivity contribution < 1.29 is 26.0 Å². The van der Waals surface area contributed by atoms with Crippen molar-refractivity contribution in [1.29, 1.82) is 0 Å². The molecule has 8 nitrogen and oxygen atoms in total. The molecule has 0 aliphatic rings. The molecule has 11 heteroatoms. The smallest absolute Gasteiger partial charge is 0.264 e. The number of hydrogen-bond acceptors (Lipinski definition) is 5. The average Bonchev–Trinajstić information content (AvgIpc) is 2.90. The Hall–Kier alpha value is -4.22. The zero-order valence-electron chi connectivity index (χ0n) is 20.2. The van der Waals surface area contributed by atoms with E-state index in [1.54, 1.807) is 42.5 Å². The van der Waals surface area contributed by atoms with Gasteiger partial charge in [-0.15, -0.1) is 0 Å². The van der Waals surface area contributed by atoms with Crippen LogP contribution in [0.4, 0.5) is 21.5 Å². The fourth-order valence-corrected chi connectivity index (χ4v) is 6.03. The van der Waals surface area contributed by atoms with E-state index in [0.717, 1.165) is 22.0 Å². The number of aryl methyl sites for hydroxylation is 1. The summed E-state index contributed by atoms with van der Waals surface area (Å²) in [7, 11) is -8.00. The van der Waals surface area contributed by atoms with Crippen molar-refractivity contribution in [3.05, 3.63) is 115 Å². The van der Waals surface area contributed by atoms with Gasteiger partial charge in [0.2, 0.25) is 5.91 Å². The highest BCUT2D eigenvalue weighted by Gasteiger charge is 2.27. The SMILES string of the molecule is Cc1ccc(N(CC(=O)Nc2ccc(S(=O)(=O)Nc3ccc(F)cc3)cc2)S(=O)(=O)c2ccccc2)cc1. The number of nitrogens with zero attached hydrogens (tertiary/aromatic N) is 1. The van der Waals surface area contributed by atoms with Crippen LogP contribution in [-0.4, -0.2) is 29.3 Å². The molecule has 0 atom stereocenters. The molecule has 0 aliphatic carbocycles. The van der Waals surface area contributed by atoms with Crippen LogP contribution < -0.4 is 14.3 Å². The number of halogens is 1. The van der Waals surface area contributed by atoms with Crippen molar-refractivity contribution in [1.82, 2.24) is 0 Å². The summed E-state index contributed by atoms with van der Waals surface area (Å²) in [6.45, 7) is 1.36. The second kappa shape index (κ2) is 11.0. The molecule has 4 aromatic carbocycles. The van der Waals surface area contributed by atoms with Gasteiger partial charge in [-0.25, -0.2) is 21.2 Å². The van der Waals surface area contributed by atoms with E-state index in [-0.39, 0.29) is 21.2 Å². The van der Waals surface area contributed by atoms with Crippen molar-refractivity contribution in [3.8, 4) is 0 Å². The lowest BCUT2D eigenvalue weighted by atomic mass is 10.2. The van der Waals surface area contributed by atoms with Crippen LogP contribution in [0.3, 0.4) is 0 Å². The lowest BCUT2D eigenvalue weighted by Crippen LogP contribution is -2.38. The molecule has 38 heavy (non-hydrogen) atoms. The first kappa shape index (κ1) is 26.8. The lowest BCUT2D eigenvalue weighted by molar-refractivity contribution is -0.114. The van der Waals surface area contributed by atoms with Gasteiger partial charge >= 0.3 is 0 Å². The van der Waals surface area contributed by atoms with Crippen molar-refractivity contribution in [2.45, 2.75) is 16.7 Å². The largest absolute Gasteiger partial charge is 0.325 e. The van der Waals surface area contributed by atoms with Crippen LogP contribution in [-0.2, 0) is 24.8 Å². The molecule has 0 bridgehead atoms. The summed E-state index contributed by atoms with van der Waals surface area (Å²) in [6.07, 6.45) is 0. The zero-order valence-corrected chi connectivity index (χ0v) is 21.8. The van der Waals surface area contributed by atoms with E-state index in [2.05, 4.69) is 10.0 Å². The van der Waals surface area contributed by atoms with E-state index in [9.17, 15) is 26.0 Å². The van der Waals surface area contributed by atoms with Gasteiger partial charge in [0, 0.05) is 11.4 Å². The molecule has 4 rings (SSSR count). The highest BCUT2D eigenvalue weighted by Crippen LogP contribution is 2.24. The van der Waals surface area contributed by atoms with Gasteiger partial charge in [0.05, 0.1) is 15.5 Å². The fourth-order valence-electron chi connectivity index (χ4n) is 3.53. The third kappa shape index (κ3) is 6.36. The van der Waals surface area contributed by atoms with Crippen molar-refractivity contribution in [3.63, 3.8) is 0 Å². The van der Waals surface area contributed by atoms with Gasteiger partial charge in [0.25, 0.3) is 20.0 Å². The molecule has 2 N–H and O–H groups in total. The Morgan fingerprint density at radius 1 is 0.737 bits per heavy atom. The van der Waals surface area contributed by atoms with Gasteiger partial charge in [0.15, 0.2) is 0 Å². The highest BCUT2D eigenvalue weighted by molar-refractivity contribution is 7.93. The summed E-state index contributed by atoms with van der Waals surface area (Å²) in [5, 5.41) is 2.61. The lowest BCUT2D eigenvalue weighted by Gasteiger charge is -2.24. The molecule has 0 unspecified atom stereocenters. The Kier molecular flexibility index (Phi) is 7.79. The van der Waals surface area contributed by atoms with Crippen LogP contribution in [0.25, 0.3) is 0 Å². The van der Waals surface area contributed by atoms with Crippen LogP contribution in [0, 0.1) is 12.7 Å². The number of benzene rings is 4. The minimum Gasteiger partial charge on any atom is -0.325 e. The number of carbonyl (C=O) groups excluding carboxylic acids is 1. The Balaban J connectivity index is 1.51. The predicted molar refractivity (Wildman–Crippen MR) is 144 cm³/mol.